The van der Waals surface area contributed by atoms with Gasteiger partial charge in [0.1, 0.15) is 11.6 Å². The molecule has 1 aromatic carbocycles. The molecule has 3 rings (SSSR count). The molecule has 0 bridgehead atoms. The van der Waals surface area contributed by atoms with Gasteiger partial charge in [0.05, 0.1) is 11.1 Å². The minimum absolute atomic E-state index is 0.216. The Hall–Kier alpha value is -2.61. The lowest BCUT2D eigenvalue weighted by atomic mass is 9.71. The van der Waals surface area contributed by atoms with Crippen molar-refractivity contribution in [2.45, 2.75) is 38.6 Å². The van der Waals surface area contributed by atoms with E-state index in [0.29, 0.717) is 18.4 Å². The normalized spacial score (nSPS) is 14.6. The van der Waals surface area contributed by atoms with E-state index in [9.17, 15) is 13.6 Å². The predicted octanol–water partition coefficient (Wildman–Crippen LogP) is 2.88. The van der Waals surface area contributed by atoms with E-state index in [1.807, 2.05) is 19.3 Å². The number of carbonyl (C=O) groups is 1. The van der Waals surface area contributed by atoms with Gasteiger partial charge in [-0.3, -0.25) is 10.2 Å². The van der Waals surface area contributed by atoms with Crippen LogP contribution in [0.25, 0.3) is 0 Å². The van der Waals surface area contributed by atoms with E-state index in [1.165, 1.54) is 24.5 Å². The number of carbonyl (C=O) groups excluding carboxylic acids is 1. The maximum Gasteiger partial charge on any atom is 0.268 e. The number of amides is 1. The van der Waals surface area contributed by atoms with Crippen LogP contribution in [0.4, 0.5) is 14.7 Å². The molecule has 0 radical (unpaired) electrons. The largest absolute Gasteiger partial charge is 0.345 e. The summed E-state index contributed by atoms with van der Waals surface area (Å²) in [5.41, 5.74) is 1.93. The first kappa shape index (κ1) is 18.7. The highest BCUT2D eigenvalue weighted by molar-refractivity contribution is 5.93. The topological polar surface area (TPSA) is 92.9 Å². The number of rotatable bonds is 4. The highest BCUT2D eigenvalue weighted by Crippen LogP contribution is 2.44. The lowest BCUT2D eigenvalue weighted by Crippen LogP contribution is -2.43. The predicted molar refractivity (Wildman–Crippen MR) is 90.5 cm³/mol. The number of anilines is 1. The molecule has 2 aromatic rings. The van der Waals surface area contributed by atoms with Crippen molar-refractivity contribution in [3.63, 3.8) is 0 Å². The van der Waals surface area contributed by atoms with E-state index in [4.69, 9.17) is 5.84 Å². The number of nitrogen functional groups attached to an aromatic ring is 1. The van der Waals surface area contributed by atoms with Gasteiger partial charge in [-0.05, 0) is 25.3 Å². The first-order valence-corrected chi connectivity index (χ1v) is 8.11. The second kappa shape index (κ2) is 7.98. The van der Waals surface area contributed by atoms with Gasteiger partial charge < -0.3 is 5.32 Å². The molecule has 1 aliphatic carbocycles. The Morgan fingerprint density at radius 3 is 2.32 bits per heavy atom. The number of halogens is 2. The van der Waals surface area contributed by atoms with Gasteiger partial charge in [0, 0.05) is 24.0 Å². The van der Waals surface area contributed by atoms with Crippen molar-refractivity contribution in [3.05, 3.63) is 53.4 Å². The summed E-state index contributed by atoms with van der Waals surface area (Å²) >= 11 is 0. The molecule has 0 aliphatic heterocycles. The minimum Gasteiger partial charge on any atom is -0.345 e. The Morgan fingerprint density at radius 1 is 1.20 bits per heavy atom. The number of hydrogen-bond acceptors (Lipinski definition) is 5. The van der Waals surface area contributed by atoms with Crippen molar-refractivity contribution >= 4 is 11.9 Å². The molecule has 0 unspecified atom stereocenters. The van der Waals surface area contributed by atoms with Crippen LogP contribution in [-0.2, 0) is 5.54 Å². The van der Waals surface area contributed by atoms with Crippen LogP contribution in [0.3, 0.4) is 0 Å². The third-order valence-corrected chi connectivity index (χ3v) is 4.05. The van der Waals surface area contributed by atoms with Gasteiger partial charge in [-0.2, -0.15) is 0 Å². The second-order valence-electron chi connectivity index (χ2n) is 5.45. The molecule has 1 amide bonds. The average molecular weight is 349 g/mol. The molecule has 6 nitrogen and oxygen atoms in total. The summed E-state index contributed by atoms with van der Waals surface area (Å²) < 4.78 is 27.2. The molecule has 1 saturated carbocycles. The van der Waals surface area contributed by atoms with E-state index in [1.54, 1.807) is 0 Å². The summed E-state index contributed by atoms with van der Waals surface area (Å²) in [6.45, 7) is 4.00. The molecule has 0 saturated heterocycles. The van der Waals surface area contributed by atoms with Crippen molar-refractivity contribution in [2.24, 2.45) is 5.84 Å². The molecule has 25 heavy (non-hydrogen) atoms. The van der Waals surface area contributed by atoms with Crippen molar-refractivity contribution in [3.8, 4) is 0 Å². The summed E-state index contributed by atoms with van der Waals surface area (Å²) in [6.07, 6.45) is 4.93. The first-order valence-electron chi connectivity index (χ1n) is 8.11. The van der Waals surface area contributed by atoms with Crippen molar-refractivity contribution < 1.29 is 13.6 Å². The number of hydrogen-bond donors (Lipinski definition) is 3. The molecule has 0 spiro atoms. The van der Waals surface area contributed by atoms with Gasteiger partial charge in [-0.1, -0.05) is 19.9 Å². The van der Waals surface area contributed by atoms with Gasteiger partial charge in [0.15, 0.2) is 0 Å². The third kappa shape index (κ3) is 3.90. The Balaban J connectivity index is 0.00000109. The van der Waals surface area contributed by atoms with E-state index in [2.05, 4.69) is 15.3 Å². The quantitative estimate of drug-likeness (QED) is 0.448. The molecular weight excluding hydrogens is 328 g/mol. The van der Waals surface area contributed by atoms with E-state index < -0.39 is 23.1 Å². The first-order chi connectivity index (χ1) is 12.0. The van der Waals surface area contributed by atoms with Crippen LogP contribution < -0.4 is 16.6 Å². The summed E-state index contributed by atoms with van der Waals surface area (Å²) in [5, 5.41) is 3.10. The van der Waals surface area contributed by atoms with Crippen molar-refractivity contribution in [1.29, 1.82) is 0 Å². The van der Waals surface area contributed by atoms with Crippen molar-refractivity contribution in [2.75, 3.05) is 5.32 Å². The monoisotopic (exact) mass is 349 g/mol. The molecule has 8 heteroatoms. The van der Waals surface area contributed by atoms with Crippen LogP contribution in [0.5, 0.6) is 0 Å². The van der Waals surface area contributed by atoms with Crippen LogP contribution in [0.2, 0.25) is 0 Å². The third-order valence-electron chi connectivity index (χ3n) is 4.05. The van der Waals surface area contributed by atoms with E-state index in [0.717, 1.165) is 12.5 Å². The van der Waals surface area contributed by atoms with E-state index >= 15 is 0 Å². The van der Waals surface area contributed by atoms with Gasteiger partial charge in [-0.15, -0.1) is 0 Å². The summed E-state index contributed by atoms with van der Waals surface area (Å²) in [6, 6.07) is 3.54. The Labute approximate surface area is 144 Å². The van der Waals surface area contributed by atoms with E-state index in [-0.39, 0.29) is 11.5 Å². The Morgan fingerprint density at radius 2 is 1.84 bits per heavy atom. The fourth-order valence-corrected chi connectivity index (χ4v) is 2.68. The zero-order valence-corrected chi connectivity index (χ0v) is 14.1. The zero-order valence-electron chi connectivity index (χ0n) is 14.1. The minimum atomic E-state index is -0.657. The fraction of sp³-hybridized carbons (Fsp3) is 0.353. The van der Waals surface area contributed by atoms with Crippen LogP contribution in [0.1, 0.15) is 49.0 Å². The molecule has 4 N–H and O–H groups in total. The summed E-state index contributed by atoms with van der Waals surface area (Å²) in [7, 11) is 0. The van der Waals surface area contributed by atoms with Gasteiger partial charge in [0.25, 0.3) is 5.91 Å². The highest BCUT2D eigenvalue weighted by atomic mass is 19.1. The lowest BCUT2D eigenvalue weighted by Gasteiger charge is -2.43. The van der Waals surface area contributed by atoms with Gasteiger partial charge >= 0.3 is 0 Å². The number of nitrogens with one attached hydrogen (secondary N) is 2. The molecule has 0 atom stereocenters. The smallest absolute Gasteiger partial charge is 0.268 e. The van der Waals surface area contributed by atoms with Crippen LogP contribution >= 0.6 is 0 Å². The Bertz CT molecular complexity index is 732. The van der Waals surface area contributed by atoms with Gasteiger partial charge in [-0.25, -0.2) is 24.6 Å². The van der Waals surface area contributed by atoms with Gasteiger partial charge in [0.2, 0.25) is 5.95 Å². The maximum absolute atomic E-state index is 14.1. The number of benzene rings is 1. The molecule has 1 aromatic heterocycles. The number of nitrogens with two attached hydrogens (primary N) is 1. The van der Waals surface area contributed by atoms with Crippen LogP contribution in [0, 0.1) is 11.6 Å². The molecule has 134 valence electrons. The number of nitrogens with zero attached hydrogens (tertiary/aromatic N) is 2. The van der Waals surface area contributed by atoms with Crippen LogP contribution in [-0.4, -0.2) is 15.9 Å². The average Bonchev–Trinajstić information content (AvgIpc) is 2.60. The number of hydrazine groups is 1. The standard InChI is InChI=1S/C15H15F2N5O.C2H6/c16-10-2-3-11(12(17)6-10)15(4-1-5-15)21-14-19-7-9(8-20-14)13(23)22-18;1-2/h2-3,6-8H,1,4-5,18H2,(H,22,23)(H,19,20,21);1-2H3. The molecule has 1 fully saturated rings. The van der Waals surface area contributed by atoms with Crippen LogP contribution in [0.15, 0.2) is 30.6 Å². The molecule has 1 heterocycles. The Kier molecular flexibility index (Phi) is 5.97. The summed E-state index contributed by atoms with van der Waals surface area (Å²) in [4.78, 5) is 19.5. The SMILES string of the molecule is CC.NNC(=O)c1cnc(NC2(c3ccc(F)cc3F)CCC2)nc1. The summed E-state index contributed by atoms with van der Waals surface area (Å²) in [5.74, 6) is 3.58. The number of aromatic nitrogens is 2. The molecule has 1 aliphatic rings. The highest BCUT2D eigenvalue weighted by Gasteiger charge is 2.41. The zero-order chi connectivity index (χ0) is 18.4. The van der Waals surface area contributed by atoms with Crippen molar-refractivity contribution in [1.82, 2.24) is 15.4 Å². The molecular formula is C17H21F2N5O. The maximum atomic E-state index is 14.1. The fourth-order valence-electron chi connectivity index (χ4n) is 2.68. The lowest BCUT2D eigenvalue weighted by molar-refractivity contribution is 0.0953. The second-order valence-corrected chi connectivity index (χ2v) is 5.45.